The van der Waals surface area contributed by atoms with Crippen molar-refractivity contribution in [3.05, 3.63) is 12.2 Å². The van der Waals surface area contributed by atoms with Gasteiger partial charge in [-0.15, -0.1) is 0 Å². The van der Waals surface area contributed by atoms with Gasteiger partial charge in [-0.2, -0.15) is 0 Å². The van der Waals surface area contributed by atoms with E-state index in [1.165, 1.54) is 7.11 Å². The summed E-state index contributed by atoms with van der Waals surface area (Å²) >= 11 is 0. The van der Waals surface area contributed by atoms with Gasteiger partial charge in [0.25, 0.3) is 0 Å². The molecule has 0 spiro atoms. The van der Waals surface area contributed by atoms with Crippen molar-refractivity contribution in [1.82, 2.24) is 0 Å². The van der Waals surface area contributed by atoms with Gasteiger partial charge in [-0.3, -0.25) is 14.4 Å². The minimum Gasteiger partial charge on any atom is -0.469 e. The number of rotatable bonds is 4. The molecule has 2 bridgehead atoms. The average molecular weight is 348 g/mol. The molecule has 0 N–H and O–H groups in total. The summed E-state index contributed by atoms with van der Waals surface area (Å²) in [6.07, 6.45) is 6.40. The molecule has 0 saturated heterocycles. The van der Waals surface area contributed by atoms with Crippen molar-refractivity contribution in [2.75, 3.05) is 7.11 Å². The van der Waals surface area contributed by atoms with Gasteiger partial charge in [0.15, 0.2) is 0 Å². The Labute approximate surface area is 149 Å². The third kappa shape index (κ3) is 3.13. The van der Waals surface area contributed by atoms with Crippen LogP contribution in [0.1, 0.15) is 40.0 Å². The fourth-order valence-corrected chi connectivity index (χ4v) is 4.89. The summed E-state index contributed by atoms with van der Waals surface area (Å²) in [5.41, 5.74) is 0. The smallest absolute Gasteiger partial charge is 0.311 e. The molecule has 0 heterocycles. The number of carbonyl (C=O) groups excluding carboxylic acids is 3. The molecular formula is C20H28O5. The molecule has 3 aliphatic carbocycles. The summed E-state index contributed by atoms with van der Waals surface area (Å²) in [6.45, 7) is 6.49. The van der Waals surface area contributed by atoms with Crippen molar-refractivity contribution in [3.8, 4) is 0 Å². The van der Waals surface area contributed by atoms with Crippen molar-refractivity contribution in [2.24, 2.45) is 41.4 Å². The van der Waals surface area contributed by atoms with Crippen LogP contribution in [0.25, 0.3) is 0 Å². The first-order chi connectivity index (χ1) is 11.8. The summed E-state index contributed by atoms with van der Waals surface area (Å²) in [5.74, 6) is -2.24. The fraction of sp³-hybridized carbons (Fsp3) is 0.750. The van der Waals surface area contributed by atoms with Crippen LogP contribution in [0, 0.1) is 41.4 Å². The number of ketones is 1. The largest absolute Gasteiger partial charge is 0.469 e. The lowest BCUT2D eigenvalue weighted by atomic mass is 9.75. The molecule has 3 aliphatic rings. The van der Waals surface area contributed by atoms with E-state index in [9.17, 15) is 14.4 Å². The van der Waals surface area contributed by atoms with Gasteiger partial charge in [-0.05, 0) is 30.6 Å². The molecule has 7 atom stereocenters. The molecule has 138 valence electrons. The summed E-state index contributed by atoms with van der Waals surface area (Å²) in [7, 11) is 1.29. The number of allylic oxidation sites excluding steroid dienone is 2. The number of ether oxygens (including phenoxy) is 2. The van der Waals surface area contributed by atoms with Gasteiger partial charge in [0, 0.05) is 0 Å². The number of esters is 2. The number of carbonyl (C=O) groups is 3. The van der Waals surface area contributed by atoms with E-state index in [1.54, 1.807) is 12.2 Å². The van der Waals surface area contributed by atoms with Gasteiger partial charge in [0.05, 0.1) is 30.8 Å². The van der Waals surface area contributed by atoms with Crippen molar-refractivity contribution < 1.29 is 23.9 Å². The number of Topliss-reactive ketones (excluding diaryl/α,β-unsaturated/α-hetero) is 1. The Morgan fingerprint density at radius 1 is 1.08 bits per heavy atom. The molecule has 0 radical (unpaired) electrons. The number of hydrogen-bond acceptors (Lipinski definition) is 5. The SMILES string of the molecule is COC(=O)[C@@H]1[C@@H](C(=O)OC2CC(C)CCC2C(C)C)[C@H]2C=C[C@@H]1C2=O. The lowest BCUT2D eigenvalue weighted by Crippen LogP contribution is -2.41. The van der Waals surface area contributed by atoms with Crippen LogP contribution in [-0.2, 0) is 23.9 Å². The molecular weight excluding hydrogens is 320 g/mol. The van der Waals surface area contributed by atoms with Gasteiger partial charge in [-0.25, -0.2) is 0 Å². The Morgan fingerprint density at radius 3 is 2.24 bits per heavy atom. The molecule has 0 aromatic carbocycles. The molecule has 25 heavy (non-hydrogen) atoms. The minimum atomic E-state index is -0.737. The maximum Gasteiger partial charge on any atom is 0.311 e. The first-order valence-electron chi connectivity index (χ1n) is 9.35. The predicted molar refractivity (Wildman–Crippen MR) is 91.3 cm³/mol. The topological polar surface area (TPSA) is 69.7 Å². The summed E-state index contributed by atoms with van der Waals surface area (Å²) in [4.78, 5) is 37.5. The summed E-state index contributed by atoms with van der Waals surface area (Å²) < 4.78 is 10.8. The van der Waals surface area contributed by atoms with Gasteiger partial charge in [0.2, 0.25) is 0 Å². The lowest BCUT2D eigenvalue weighted by Gasteiger charge is -2.37. The lowest BCUT2D eigenvalue weighted by molar-refractivity contribution is -0.168. The van der Waals surface area contributed by atoms with Crippen molar-refractivity contribution in [3.63, 3.8) is 0 Å². The Hall–Kier alpha value is -1.65. The van der Waals surface area contributed by atoms with E-state index >= 15 is 0 Å². The molecule has 2 saturated carbocycles. The van der Waals surface area contributed by atoms with Crippen LogP contribution in [0.5, 0.6) is 0 Å². The van der Waals surface area contributed by atoms with E-state index in [0.29, 0.717) is 17.8 Å². The zero-order chi connectivity index (χ0) is 18.3. The predicted octanol–water partition coefficient (Wildman–Crippen LogP) is 2.78. The first-order valence-corrected chi connectivity index (χ1v) is 9.35. The third-order valence-electron chi connectivity index (χ3n) is 6.32. The number of fused-ring (bicyclic) bond motifs is 2. The zero-order valence-corrected chi connectivity index (χ0v) is 15.4. The summed E-state index contributed by atoms with van der Waals surface area (Å²) in [6, 6.07) is 0. The molecule has 0 aromatic heterocycles. The van der Waals surface area contributed by atoms with Crippen LogP contribution in [0.2, 0.25) is 0 Å². The van der Waals surface area contributed by atoms with Crippen molar-refractivity contribution in [2.45, 2.75) is 46.1 Å². The standard InChI is InChI=1S/C20H28O5/c1-10(2)12-6-5-11(3)9-15(12)25-20(23)17-14-8-7-13(18(14)21)16(17)19(22)24-4/h7-8,10-17H,5-6,9H2,1-4H3/t11?,12?,13-,14+,15?,16-,17-/m0/s1. The second-order valence-corrected chi connectivity index (χ2v) is 8.21. The van der Waals surface area contributed by atoms with Crippen LogP contribution >= 0.6 is 0 Å². The molecule has 0 amide bonds. The highest BCUT2D eigenvalue weighted by atomic mass is 16.5. The molecule has 2 fully saturated rings. The van der Waals surface area contributed by atoms with Crippen LogP contribution in [0.3, 0.4) is 0 Å². The first kappa shape index (κ1) is 18.2. The Kier molecular flexibility index (Phi) is 5.03. The van der Waals surface area contributed by atoms with Crippen molar-refractivity contribution >= 4 is 17.7 Å². The van der Waals surface area contributed by atoms with Crippen LogP contribution in [0.4, 0.5) is 0 Å². The molecule has 5 heteroatoms. The quantitative estimate of drug-likeness (QED) is 0.577. The molecule has 0 aliphatic heterocycles. The molecule has 3 unspecified atom stereocenters. The van der Waals surface area contributed by atoms with E-state index in [1.807, 2.05) is 0 Å². The van der Waals surface area contributed by atoms with Gasteiger partial charge in [0.1, 0.15) is 11.9 Å². The van der Waals surface area contributed by atoms with E-state index in [0.717, 1.165) is 19.3 Å². The summed E-state index contributed by atoms with van der Waals surface area (Å²) in [5, 5.41) is 0. The second kappa shape index (κ2) is 6.93. The van der Waals surface area contributed by atoms with Gasteiger partial charge in [-0.1, -0.05) is 39.3 Å². The van der Waals surface area contributed by atoms with E-state index < -0.39 is 35.6 Å². The minimum absolute atomic E-state index is 0.0604. The van der Waals surface area contributed by atoms with Gasteiger partial charge >= 0.3 is 11.9 Å². The maximum atomic E-state index is 12.9. The molecule has 5 nitrogen and oxygen atoms in total. The monoisotopic (exact) mass is 348 g/mol. The number of hydrogen-bond donors (Lipinski definition) is 0. The van der Waals surface area contributed by atoms with Crippen LogP contribution < -0.4 is 0 Å². The Bertz CT molecular complexity index is 593. The highest BCUT2D eigenvalue weighted by Crippen LogP contribution is 2.47. The number of methoxy groups -OCH3 is 1. The van der Waals surface area contributed by atoms with E-state index in [-0.39, 0.29) is 11.9 Å². The highest BCUT2D eigenvalue weighted by Gasteiger charge is 2.58. The van der Waals surface area contributed by atoms with Gasteiger partial charge < -0.3 is 9.47 Å². The van der Waals surface area contributed by atoms with Crippen LogP contribution in [-0.4, -0.2) is 30.9 Å². The van der Waals surface area contributed by atoms with Crippen molar-refractivity contribution in [1.29, 1.82) is 0 Å². The Morgan fingerprint density at radius 2 is 1.68 bits per heavy atom. The maximum absolute atomic E-state index is 12.9. The Balaban J connectivity index is 1.78. The second-order valence-electron chi connectivity index (χ2n) is 8.21. The average Bonchev–Trinajstić information content (AvgIpc) is 3.06. The zero-order valence-electron chi connectivity index (χ0n) is 15.4. The highest BCUT2D eigenvalue weighted by molar-refractivity contribution is 6.02. The molecule has 0 aromatic rings. The van der Waals surface area contributed by atoms with Crippen LogP contribution in [0.15, 0.2) is 12.2 Å². The normalized spacial score (nSPS) is 39.7. The molecule has 3 rings (SSSR count). The van der Waals surface area contributed by atoms with E-state index in [4.69, 9.17) is 9.47 Å². The van der Waals surface area contributed by atoms with E-state index in [2.05, 4.69) is 20.8 Å². The fourth-order valence-electron chi connectivity index (χ4n) is 4.89. The third-order valence-corrected chi connectivity index (χ3v) is 6.32.